The number of rotatable bonds is 3. The maximum atomic E-state index is 11.7. The van der Waals surface area contributed by atoms with E-state index >= 15 is 0 Å². The number of likely N-dealkylation sites (N-methyl/N-ethyl adjacent to an activating group) is 1. The van der Waals surface area contributed by atoms with Crippen LogP contribution in [0, 0.1) is 0 Å². The molecule has 3 heterocycles. The van der Waals surface area contributed by atoms with Crippen molar-refractivity contribution in [1.82, 2.24) is 24.2 Å². The SMILES string of the molecule is CCc1nn(C)c2c1nc(CCl)n2C1CCC(=O)N(C)C1. The average Bonchev–Trinajstić information content (AvgIpc) is 2.99. The molecule has 1 saturated heterocycles. The van der Waals surface area contributed by atoms with Crippen LogP contribution in [0.25, 0.3) is 11.2 Å². The monoisotopic (exact) mass is 309 g/mol. The predicted molar refractivity (Wildman–Crippen MR) is 81.3 cm³/mol. The fourth-order valence-corrected chi connectivity index (χ4v) is 3.35. The van der Waals surface area contributed by atoms with Crippen molar-refractivity contribution < 1.29 is 4.79 Å². The quantitative estimate of drug-likeness (QED) is 0.813. The van der Waals surface area contributed by atoms with Crippen molar-refractivity contribution in [2.24, 2.45) is 7.05 Å². The maximum absolute atomic E-state index is 11.7. The topological polar surface area (TPSA) is 56.0 Å². The van der Waals surface area contributed by atoms with Gasteiger partial charge in [0.15, 0.2) is 5.65 Å². The lowest BCUT2D eigenvalue weighted by molar-refractivity contribution is -0.132. The smallest absolute Gasteiger partial charge is 0.222 e. The molecule has 0 aliphatic carbocycles. The number of piperidine rings is 1. The minimum atomic E-state index is 0.203. The van der Waals surface area contributed by atoms with Gasteiger partial charge in [-0.3, -0.25) is 9.48 Å². The second-order valence-electron chi connectivity index (χ2n) is 5.59. The summed E-state index contributed by atoms with van der Waals surface area (Å²) in [7, 11) is 3.79. The molecule has 0 spiro atoms. The number of alkyl halides is 1. The Morgan fingerprint density at radius 2 is 2.14 bits per heavy atom. The second-order valence-corrected chi connectivity index (χ2v) is 5.86. The summed E-state index contributed by atoms with van der Waals surface area (Å²) in [5, 5.41) is 4.54. The Balaban J connectivity index is 2.12. The van der Waals surface area contributed by atoms with E-state index in [2.05, 4.69) is 21.6 Å². The summed E-state index contributed by atoms with van der Waals surface area (Å²) >= 11 is 6.10. The normalized spacial score (nSPS) is 19.7. The first-order chi connectivity index (χ1) is 10.1. The molecule has 0 bridgehead atoms. The molecule has 0 aromatic carbocycles. The molecule has 114 valence electrons. The highest BCUT2D eigenvalue weighted by molar-refractivity contribution is 6.16. The molecule has 1 unspecified atom stereocenters. The van der Waals surface area contributed by atoms with E-state index in [0.717, 1.165) is 35.5 Å². The summed E-state index contributed by atoms with van der Waals surface area (Å²) in [6.45, 7) is 2.77. The summed E-state index contributed by atoms with van der Waals surface area (Å²) < 4.78 is 4.06. The van der Waals surface area contributed by atoms with Gasteiger partial charge in [0.25, 0.3) is 0 Å². The molecule has 1 aliphatic rings. The lowest BCUT2D eigenvalue weighted by Gasteiger charge is -2.31. The van der Waals surface area contributed by atoms with Crippen LogP contribution in [0.4, 0.5) is 0 Å². The molecule has 2 aromatic heterocycles. The largest absolute Gasteiger partial charge is 0.344 e. The number of imidazole rings is 1. The molecule has 7 heteroatoms. The maximum Gasteiger partial charge on any atom is 0.222 e. The Morgan fingerprint density at radius 3 is 2.76 bits per heavy atom. The molecule has 3 rings (SSSR count). The van der Waals surface area contributed by atoms with Crippen molar-refractivity contribution in [3.63, 3.8) is 0 Å². The Morgan fingerprint density at radius 1 is 1.38 bits per heavy atom. The molecular formula is C14H20ClN5O. The Labute approximate surface area is 128 Å². The first-order valence-electron chi connectivity index (χ1n) is 7.29. The van der Waals surface area contributed by atoms with Gasteiger partial charge < -0.3 is 9.47 Å². The van der Waals surface area contributed by atoms with Gasteiger partial charge in [-0.05, 0) is 12.8 Å². The fraction of sp³-hybridized carbons (Fsp3) is 0.643. The van der Waals surface area contributed by atoms with Gasteiger partial charge in [0.1, 0.15) is 11.3 Å². The highest BCUT2D eigenvalue weighted by Gasteiger charge is 2.29. The van der Waals surface area contributed by atoms with Gasteiger partial charge in [0.2, 0.25) is 5.91 Å². The summed E-state index contributed by atoms with van der Waals surface area (Å²) in [6, 6.07) is 0.214. The molecular weight excluding hydrogens is 290 g/mol. The predicted octanol–water partition coefficient (Wildman–Crippen LogP) is 1.86. The third-order valence-corrected chi connectivity index (χ3v) is 4.47. The third-order valence-electron chi connectivity index (χ3n) is 4.23. The lowest BCUT2D eigenvalue weighted by atomic mass is 10.1. The van der Waals surface area contributed by atoms with E-state index in [4.69, 9.17) is 11.6 Å². The van der Waals surface area contributed by atoms with E-state index in [1.54, 1.807) is 4.90 Å². The molecule has 0 N–H and O–H groups in total. The van der Waals surface area contributed by atoms with Crippen LogP contribution in [0.3, 0.4) is 0 Å². The summed E-state index contributed by atoms with van der Waals surface area (Å²) in [5.74, 6) is 1.43. The van der Waals surface area contributed by atoms with Crippen LogP contribution in [0.1, 0.15) is 37.3 Å². The number of halogens is 1. The van der Waals surface area contributed by atoms with Crippen LogP contribution in [-0.4, -0.2) is 43.7 Å². The van der Waals surface area contributed by atoms with E-state index in [9.17, 15) is 4.79 Å². The number of carbonyl (C=O) groups is 1. The van der Waals surface area contributed by atoms with E-state index in [0.29, 0.717) is 18.8 Å². The molecule has 0 radical (unpaired) electrons. The molecule has 6 nitrogen and oxygen atoms in total. The zero-order valence-electron chi connectivity index (χ0n) is 12.6. The van der Waals surface area contributed by atoms with Crippen molar-refractivity contribution in [2.75, 3.05) is 13.6 Å². The zero-order valence-corrected chi connectivity index (χ0v) is 13.4. The van der Waals surface area contributed by atoms with E-state index in [-0.39, 0.29) is 11.9 Å². The highest BCUT2D eigenvalue weighted by Crippen LogP contribution is 2.29. The average molecular weight is 310 g/mol. The number of likely N-dealkylation sites (tertiary alicyclic amines) is 1. The van der Waals surface area contributed by atoms with Gasteiger partial charge in [-0.25, -0.2) is 4.98 Å². The van der Waals surface area contributed by atoms with Crippen LogP contribution >= 0.6 is 11.6 Å². The molecule has 1 amide bonds. The van der Waals surface area contributed by atoms with Crippen molar-refractivity contribution >= 4 is 28.7 Å². The van der Waals surface area contributed by atoms with Gasteiger partial charge >= 0.3 is 0 Å². The van der Waals surface area contributed by atoms with Crippen LogP contribution in [0.2, 0.25) is 0 Å². The standard InChI is InChI=1S/C14H20ClN5O/c1-4-10-13-14(19(3)17-10)20(11(7-15)16-13)9-5-6-12(21)18(2)8-9/h9H,4-8H2,1-3H3. The van der Waals surface area contributed by atoms with Crippen LogP contribution in [0.15, 0.2) is 0 Å². The first-order valence-corrected chi connectivity index (χ1v) is 7.82. The van der Waals surface area contributed by atoms with Gasteiger partial charge in [0.05, 0.1) is 17.6 Å². The van der Waals surface area contributed by atoms with Crippen molar-refractivity contribution in [3.05, 3.63) is 11.5 Å². The summed E-state index contributed by atoms with van der Waals surface area (Å²) in [5.41, 5.74) is 2.95. The summed E-state index contributed by atoms with van der Waals surface area (Å²) in [6.07, 6.45) is 2.24. The third kappa shape index (κ3) is 2.21. The molecule has 2 aromatic rings. The number of amides is 1. The molecule has 1 atom stereocenters. The number of aryl methyl sites for hydroxylation is 2. The number of aromatic nitrogens is 4. The zero-order chi connectivity index (χ0) is 15.1. The summed E-state index contributed by atoms with van der Waals surface area (Å²) in [4.78, 5) is 18.2. The second kappa shape index (κ2) is 5.33. The van der Waals surface area contributed by atoms with Crippen LogP contribution < -0.4 is 0 Å². The highest BCUT2D eigenvalue weighted by atomic mass is 35.5. The van der Waals surface area contributed by atoms with Gasteiger partial charge in [-0.1, -0.05) is 6.92 Å². The van der Waals surface area contributed by atoms with Gasteiger partial charge in [-0.15, -0.1) is 11.6 Å². The molecule has 0 saturated carbocycles. The molecule has 21 heavy (non-hydrogen) atoms. The number of hydrogen-bond donors (Lipinski definition) is 0. The lowest BCUT2D eigenvalue weighted by Crippen LogP contribution is -2.38. The van der Waals surface area contributed by atoms with Crippen LogP contribution in [-0.2, 0) is 24.1 Å². The first kappa shape index (κ1) is 14.4. The van der Waals surface area contributed by atoms with E-state index < -0.39 is 0 Å². The van der Waals surface area contributed by atoms with Crippen molar-refractivity contribution in [3.8, 4) is 0 Å². The number of fused-ring (bicyclic) bond motifs is 1. The van der Waals surface area contributed by atoms with E-state index in [1.807, 2.05) is 18.8 Å². The van der Waals surface area contributed by atoms with Gasteiger partial charge in [-0.2, -0.15) is 5.10 Å². The van der Waals surface area contributed by atoms with Gasteiger partial charge in [0, 0.05) is 27.1 Å². The number of carbonyl (C=O) groups excluding carboxylic acids is 1. The van der Waals surface area contributed by atoms with Crippen molar-refractivity contribution in [2.45, 2.75) is 38.1 Å². The Hall–Kier alpha value is -1.56. The minimum absolute atomic E-state index is 0.203. The van der Waals surface area contributed by atoms with E-state index in [1.165, 1.54) is 0 Å². The number of nitrogens with zero attached hydrogens (tertiary/aromatic N) is 5. The van der Waals surface area contributed by atoms with Crippen LogP contribution in [0.5, 0.6) is 0 Å². The number of hydrogen-bond acceptors (Lipinski definition) is 3. The minimum Gasteiger partial charge on any atom is -0.344 e. The molecule has 1 fully saturated rings. The Kier molecular flexibility index (Phi) is 3.65. The Bertz CT molecular complexity index is 689. The molecule has 1 aliphatic heterocycles. The fourth-order valence-electron chi connectivity index (χ4n) is 3.16. The van der Waals surface area contributed by atoms with Crippen molar-refractivity contribution in [1.29, 1.82) is 0 Å².